The van der Waals surface area contributed by atoms with E-state index in [4.69, 9.17) is 5.73 Å². The summed E-state index contributed by atoms with van der Waals surface area (Å²) >= 11 is 0. The summed E-state index contributed by atoms with van der Waals surface area (Å²) in [7, 11) is 0. The molecule has 0 spiro atoms. The quantitative estimate of drug-likeness (QED) is 0.850. The molecular formula is C14H26ClN3. The van der Waals surface area contributed by atoms with E-state index < -0.39 is 0 Å². The van der Waals surface area contributed by atoms with Gasteiger partial charge in [-0.15, -0.1) is 12.4 Å². The van der Waals surface area contributed by atoms with Gasteiger partial charge in [-0.25, -0.2) is 9.97 Å². The Morgan fingerprint density at radius 2 is 1.28 bits per heavy atom. The maximum Gasteiger partial charge on any atom is 0.145 e. The first-order valence-electron chi connectivity index (χ1n) is 6.17. The molecule has 18 heavy (non-hydrogen) atoms. The van der Waals surface area contributed by atoms with Crippen LogP contribution in [0.15, 0.2) is 6.07 Å². The Labute approximate surface area is 117 Å². The summed E-state index contributed by atoms with van der Waals surface area (Å²) in [5.41, 5.74) is 8.07. The van der Waals surface area contributed by atoms with E-state index in [2.05, 4.69) is 57.6 Å². The number of hydrogen-bond donors (Lipinski definition) is 1. The number of nitrogens with zero attached hydrogens (tertiary/aromatic N) is 2. The molecule has 1 aromatic heterocycles. The number of aromatic nitrogens is 2. The van der Waals surface area contributed by atoms with E-state index in [-0.39, 0.29) is 29.3 Å². The Balaban J connectivity index is 0.00000289. The van der Waals surface area contributed by atoms with Crippen molar-refractivity contribution in [3.8, 4) is 0 Å². The van der Waals surface area contributed by atoms with E-state index in [0.29, 0.717) is 0 Å². The standard InChI is InChI=1S/C14H25N3.ClH/c1-9(15)12-16-10(13(2,3)4)8-11(17-12)14(5,6)7;/h8-9H,15H2,1-7H3;1H. The molecular weight excluding hydrogens is 246 g/mol. The molecule has 0 fully saturated rings. The molecule has 0 aliphatic carbocycles. The van der Waals surface area contributed by atoms with Gasteiger partial charge in [0.15, 0.2) is 0 Å². The molecule has 0 saturated carbocycles. The summed E-state index contributed by atoms with van der Waals surface area (Å²) in [4.78, 5) is 9.16. The molecule has 2 N–H and O–H groups in total. The lowest BCUT2D eigenvalue weighted by atomic mass is 9.86. The average molecular weight is 272 g/mol. The van der Waals surface area contributed by atoms with Crippen LogP contribution in [0.4, 0.5) is 0 Å². The fourth-order valence-electron chi connectivity index (χ4n) is 1.44. The van der Waals surface area contributed by atoms with E-state index in [0.717, 1.165) is 17.2 Å². The number of rotatable bonds is 1. The third-order valence-electron chi connectivity index (χ3n) is 2.69. The Morgan fingerprint density at radius 1 is 0.944 bits per heavy atom. The molecule has 4 heteroatoms. The lowest BCUT2D eigenvalue weighted by Crippen LogP contribution is -2.23. The van der Waals surface area contributed by atoms with Gasteiger partial charge in [-0.1, -0.05) is 41.5 Å². The third kappa shape index (κ3) is 4.21. The van der Waals surface area contributed by atoms with Gasteiger partial charge < -0.3 is 5.73 Å². The van der Waals surface area contributed by atoms with Gasteiger partial charge >= 0.3 is 0 Å². The zero-order chi connectivity index (χ0) is 13.4. The SMILES string of the molecule is CC(N)c1nc(C(C)(C)C)cc(C(C)(C)C)n1.Cl. The average Bonchev–Trinajstić information content (AvgIpc) is 2.14. The molecule has 0 amide bonds. The second kappa shape index (κ2) is 5.54. The minimum Gasteiger partial charge on any atom is -0.322 e. The van der Waals surface area contributed by atoms with Crippen molar-refractivity contribution in [1.82, 2.24) is 9.97 Å². The molecule has 0 aromatic carbocycles. The Bertz CT molecular complexity index is 368. The van der Waals surface area contributed by atoms with Crippen LogP contribution in [0.2, 0.25) is 0 Å². The van der Waals surface area contributed by atoms with Crippen molar-refractivity contribution >= 4 is 12.4 Å². The highest BCUT2D eigenvalue weighted by Crippen LogP contribution is 2.27. The maximum atomic E-state index is 5.91. The first-order chi connectivity index (χ1) is 7.51. The molecule has 0 aliphatic rings. The highest BCUT2D eigenvalue weighted by Gasteiger charge is 2.23. The van der Waals surface area contributed by atoms with Crippen LogP contribution >= 0.6 is 12.4 Å². The second-order valence-corrected chi connectivity index (χ2v) is 6.79. The largest absolute Gasteiger partial charge is 0.322 e. The first kappa shape index (κ1) is 17.3. The number of halogens is 1. The summed E-state index contributed by atoms with van der Waals surface area (Å²) in [6, 6.07) is 1.98. The lowest BCUT2D eigenvalue weighted by Gasteiger charge is -2.24. The van der Waals surface area contributed by atoms with Crippen molar-refractivity contribution in [2.24, 2.45) is 5.73 Å². The van der Waals surface area contributed by atoms with Crippen LogP contribution < -0.4 is 5.73 Å². The van der Waals surface area contributed by atoms with Gasteiger partial charge in [0, 0.05) is 22.2 Å². The van der Waals surface area contributed by atoms with E-state index >= 15 is 0 Å². The summed E-state index contributed by atoms with van der Waals surface area (Å²) in [6.07, 6.45) is 0. The second-order valence-electron chi connectivity index (χ2n) is 6.79. The fraction of sp³-hybridized carbons (Fsp3) is 0.714. The van der Waals surface area contributed by atoms with Crippen LogP contribution in [-0.4, -0.2) is 9.97 Å². The van der Waals surface area contributed by atoms with Crippen LogP contribution in [0.5, 0.6) is 0 Å². The van der Waals surface area contributed by atoms with Gasteiger partial charge in [0.1, 0.15) is 5.82 Å². The third-order valence-corrected chi connectivity index (χ3v) is 2.69. The number of hydrogen-bond acceptors (Lipinski definition) is 3. The summed E-state index contributed by atoms with van der Waals surface area (Å²) in [5, 5.41) is 0. The molecule has 1 unspecified atom stereocenters. The molecule has 1 aromatic rings. The first-order valence-corrected chi connectivity index (χ1v) is 6.17. The van der Waals surface area contributed by atoms with E-state index in [1.165, 1.54) is 0 Å². The molecule has 0 bridgehead atoms. The van der Waals surface area contributed by atoms with E-state index in [1.54, 1.807) is 0 Å². The monoisotopic (exact) mass is 271 g/mol. The predicted octanol–water partition coefficient (Wildman–Crippen LogP) is 3.51. The van der Waals surface area contributed by atoms with Crippen LogP contribution in [0, 0.1) is 0 Å². The molecule has 0 aliphatic heterocycles. The van der Waals surface area contributed by atoms with Crippen LogP contribution in [0.1, 0.15) is 71.7 Å². The van der Waals surface area contributed by atoms with E-state index in [1.807, 2.05) is 6.92 Å². The highest BCUT2D eigenvalue weighted by atomic mass is 35.5. The smallest absolute Gasteiger partial charge is 0.145 e. The van der Waals surface area contributed by atoms with Crippen LogP contribution in [0.3, 0.4) is 0 Å². The van der Waals surface area contributed by atoms with Gasteiger partial charge in [-0.3, -0.25) is 0 Å². The minimum absolute atomic E-state index is 0. The molecule has 104 valence electrons. The predicted molar refractivity (Wildman–Crippen MR) is 79.3 cm³/mol. The molecule has 1 atom stereocenters. The number of nitrogens with two attached hydrogens (primary N) is 1. The Kier molecular flexibility index (Phi) is 5.33. The van der Waals surface area contributed by atoms with Crippen LogP contribution in [0.25, 0.3) is 0 Å². The Hall–Kier alpha value is -0.670. The normalized spacial score (nSPS) is 14.0. The van der Waals surface area contributed by atoms with E-state index in [9.17, 15) is 0 Å². The summed E-state index contributed by atoms with van der Waals surface area (Å²) in [6.45, 7) is 14.9. The molecule has 3 nitrogen and oxygen atoms in total. The topological polar surface area (TPSA) is 51.8 Å². The summed E-state index contributed by atoms with van der Waals surface area (Å²) < 4.78 is 0. The van der Waals surface area contributed by atoms with Crippen molar-refractivity contribution in [3.63, 3.8) is 0 Å². The van der Waals surface area contributed by atoms with Gasteiger partial charge in [0.05, 0.1) is 6.04 Å². The maximum absolute atomic E-state index is 5.91. The van der Waals surface area contributed by atoms with Gasteiger partial charge in [0.2, 0.25) is 0 Å². The molecule has 0 radical (unpaired) electrons. The van der Waals surface area contributed by atoms with Crippen molar-refractivity contribution in [2.45, 2.75) is 65.3 Å². The zero-order valence-corrected chi connectivity index (χ0v) is 13.4. The lowest BCUT2D eigenvalue weighted by molar-refractivity contribution is 0.523. The van der Waals surface area contributed by atoms with Crippen molar-refractivity contribution in [1.29, 1.82) is 0 Å². The van der Waals surface area contributed by atoms with Crippen molar-refractivity contribution < 1.29 is 0 Å². The molecule has 1 rings (SSSR count). The zero-order valence-electron chi connectivity index (χ0n) is 12.5. The van der Waals surface area contributed by atoms with Gasteiger partial charge in [-0.2, -0.15) is 0 Å². The highest BCUT2D eigenvalue weighted by molar-refractivity contribution is 5.85. The molecule has 1 heterocycles. The van der Waals surface area contributed by atoms with Gasteiger partial charge in [-0.05, 0) is 13.0 Å². The van der Waals surface area contributed by atoms with Crippen molar-refractivity contribution in [2.75, 3.05) is 0 Å². The van der Waals surface area contributed by atoms with Crippen molar-refractivity contribution in [3.05, 3.63) is 23.3 Å². The summed E-state index contributed by atoms with van der Waals surface area (Å²) in [5.74, 6) is 0.738. The molecule has 0 saturated heterocycles. The minimum atomic E-state index is -0.126. The van der Waals surface area contributed by atoms with Gasteiger partial charge in [0.25, 0.3) is 0 Å². The fourth-order valence-corrected chi connectivity index (χ4v) is 1.44. The van der Waals surface area contributed by atoms with Crippen LogP contribution in [-0.2, 0) is 10.8 Å². The Morgan fingerprint density at radius 3 is 1.50 bits per heavy atom.